The number of halogens is 1. The molecule has 1 aromatic rings. The molecule has 1 aromatic carbocycles. The highest BCUT2D eigenvalue weighted by Crippen LogP contribution is 2.42. The van der Waals surface area contributed by atoms with E-state index in [-0.39, 0.29) is 11.5 Å². The Hall–Kier alpha value is -0.930. The molecule has 3 unspecified atom stereocenters. The molecule has 0 saturated carbocycles. The summed E-state index contributed by atoms with van der Waals surface area (Å²) in [5.41, 5.74) is 1.10. The molecule has 104 valence electrons. The molecule has 0 aliphatic carbocycles. The lowest BCUT2D eigenvalue weighted by molar-refractivity contribution is 0.0864. The van der Waals surface area contributed by atoms with Crippen molar-refractivity contribution < 1.29 is 14.2 Å². The molecular formula is C15H19ClO3. The van der Waals surface area contributed by atoms with Crippen LogP contribution in [0.2, 0.25) is 0 Å². The lowest BCUT2D eigenvalue weighted by Crippen LogP contribution is -2.20. The van der Waals surface area contributed by atoms with E-state index in [1.54, 1.807) is 0 Å². The first-order chi connectivity index (χ1) is 9.29. The summed E-state index contributed by atoms with van der Waals surface area (Å²) in [5.74, 6) is 2.00. The number of rotatable bonds is 3. The van der Waals surface area contributed by atoms with Gasteiger partial charge in [-0.05, 0) is 30.5 Å². The first-order valence-electron chi connectivity index (χ1n) is 6.95. The van der Waals surface area contributed by atoms with E-state index < -0.39 is 0 Å². The average Bonchev–Trinajstić information content (AvgIpc) is 2.94. The van der Waals surface area contributed by atoms with Crippen LogP contribution in [0, 0.1) is 5.92 Å². The number of ether oxygens (including phenoxy) is 3. The van der Waals surface area contributed by atoms with Crippen LogP contribution in [0.1, 0.15) is 30.7 Å². The molecule has 0 spiro atoms. The Bertz CT molecular complexity index is 449. The maximum Gasteiger partial charge on any atom is 0.161 e. The smallest absolute Gasteiger partial charge is 0.161 e. The van der Waals surface area contributed by atoms with E-state index in [1.807, 2.05) is 18.2 Å². The summed E-state index contributed by atoms with van der Waals surface area (Å²) in [6.45, 7) is 4.19. The molecule has 0 N–H and O–H groups in total. The maximum absolute atomic E-state index is 6.65. The standard InChI is InChI=1S/C15H19ClO3/c1-2-12-11(5-6-17-12)15(16)10-3-4-13-14(9-10)19-8-7-18-13/h3-4,9,11-12,15H,2,5-8H2,1H3. The number of fused-ring (bicyclic) bond motifs is 1. The molecule has 0 bridgehead atoms. The molecule has 4 heteroatoms. The van der Waals surface area contributed by atoms with Gasteiger partial charge in [-0.25, -0.2) is 0 Å². The third-order valence-corrected chi connectivity index (χ3v) is 4.50. The molecule has 3 atom stereocenters. The Kier molecular flexibility index (Phi) is 3.85. The van der Waals surface area contributed by atoms with Crippen molar-refractivity contribution in [3.05, 3.63) is 23.8 Å². The minimum Gasteiger partial charge on any atom is -0.486 e. The minimum atomic E-state index is -0.0247. The summed E-state index contributed by atoms with van der Waals surface area (Å²) in [6, 6.07) is 6.00. The summed E-state index contributed by atoms with van der Waals surface area (Å²) >= 11 is 6.65. The van der Waals surface area contributed by atoms with Crippen LogP contribution in [0.3, 0.4) is 0 Å². The first-order valence-corrected chi connectivity index (χ1v) is 7.38. The van der Waals surface area contributed by atoms with Crippen LogP contribution in [-0.4, -0.2) is 25.9 Å². The highest BCUT2D eigenvalue weighted by Gasteiger charge is 2.33. The van der Waals surface area contributed by atoms with Crippen LogP contribution in [-0.2, 0) is 4.74 Å². The summed E-state index contributed by atoms with van der Waals surface area (Å²) in [6.07, 6.45) is 2.32. The summed E-state index contributed by atoms with van der Waals surface area (Å²) in [7, 11) is 0. The second kappa shape index (κ2) is 5.59. The second-order valence-corrected chi connectivity index (χ2v) is 5.55. The van der Waals surface area contributed by atoms with E-state index in [9.17, 15) is 0 Å². The highest BCUT2D eigenvalue weighted by atomic mass is 35.5. The van der Waals surface area contributed by atoms with Gasteiger partial charge in [0.2, 0.25) is 0 Å². The third-order valence-electron chi connectivity index (χ3n) is 3.92. The van der Waals surface area contributed by atoms with Crippen LogP contribution in [0.15, 0.2) is 18.2 Å². The minimum absolute atomic E-state index is 0.0247. The van der Waals surface area contributed by atoms with Gasteiger partial charge < -0.3 is 14.2 Å². The lowest BCUT2D eigenvalue weighted by atomic mass is 9.91. The number of hydrogen-bond acceptors (Lipinski definition) is 3. The van der Waals surface area contributed by atoms with Gasteiger partial charge in [-0.2, -0.15) is 0 Å². The van der Waals surface area contributed by atoms with E-state index >= 15 is 0 Å². The van der Waals surface area contributed by atoms with Gasteiger partial charge in [-0.15, -0.1) is 11.6 Å². The Morgan fingerprint density at radius 3 is 2.79 bits per heavy atom. The van der Waals surface area contributed by atoms with E-state index in [2.05, 4.69) is 6.92 Å². The monoisotopic (exact) mass is 282 g/mol. The number of hydrogen-bond donors (Lipinski definition) is 0. The zero-order valence-corrected chi connectivity index (χ0v) is 11.9. The van der Waals surface area contributed by atoms with Gasteiger partial charge in [-0.1, -0.05) is 13.0 Å². The normalized spacial score (nSPS) is 27.3. The van der Waals surface area contributed by atoms with Crippen molar-refractivity contribution in [2.75, 3.05) is 19.8 Å². The van der Waals surface area contributed by atoms with E-state index in [1.165, 1.54) is 0 Å². The Morgan fingerprint density at radius 2 is 2.00 bits per heavy atom. The maximum atomic E-state index is 6.65. The summed E-state index contributed by atoms with van der Waals surface area (Å²) in [4.78, 5) is 0. The van der Waals surface area contributed by atoms with E-state index in [0.29, 0.717) is 19.1 Å². The zero-order chi connectivity index (χ0) is 13.2. The highest BCUT2D eigenvalue weighted by molar-refractivity contribution is 6.21. The lowest BCUT2D eigenvalue weighted by Gasteiger charge is -2.24. The molecule has 1 fully saturated rings. The van der Waals surface area contributed by atoms with Crippen molar-refractivity contribution >= 4 is 11.6 Å². The molecule has 1 saturated heterocycles. The number of alkyl halides is 1. The van der Waals surface area contributed by atoms with Gasteiger partial charge >= 0.3 is 0 Å². The zero-order valence-electron chi connectivity index (χ0n) is 11.1. The van der Waals surface area contributed by atoms with Gasteiger partial charge in [0.05, 0.1) is 11.5 Å². The number of benzene rings is 1. The Balaban J connectivity index is 1.81. The van der Waals surface area contributed by atoms with Gasteiger partial charge in [0.15, 0.2) is 11.5 Å². The fraction of sp³-hybridized carbons (Fsp3) is 0.600. The van der Waals surface area contributed by atoms with Crippen molar-refractivity contribution in [3.8, 4) is 11.5 Å². The Morgan fingerprint density at radius 1 is 1.21 bits per heavy atom. The van der Waals surface area contributed by atoms with Crippen LogP contribution in [0.4, 0.5) is 0 Å². The quantitative estimate of drug-likeness (QED) is 0.794. The van der Waals surface area contributed by atoms with E-state index in [4.69, 9.17) is 25.8 Å². The topological polar surface area (TPSA) is 27.7 Å². The predicted octanol–water partition coefficient (Wildman–Crippen LogP) is 3.55. The van der Waals surface area contributed by atoms with Crippen LogP contribution in [0.25, 0.3) is 0 Å². The molecule has 2 aliphatic rings. The first kappa shape index (κ1) is 13.1. The van der Waals surface area contributed by atoms with Crippen molar-refractivity contribution in [3.63, 3.8) is 0 Å². The van der Waals surface area contributed by atoms with Gasteiger partial charge in [0.1, 0.15) is 13.2 Å². The van der Waals surface area contributed by atoms with Crippen LogP contribution < -0.4 is 9.47 Å². The van der Waals surface area contributed by atoms with Crippen molar-refractivity contribution in [1.82, 2.24) is 0 Å². The van der Waals surface area contributed by atoms with E-state index in [0.717, 1.165) is 36.5 Å². The van der Waals surface area contributed by atoms with Gasteiger partial charge in [0.25, 0.3) is 0 Å². The molecule has 0 radical (unpaired) electrons. The largest absolute Gasteiger partial charge is 0.486 e. The molecular weight excluding hydrogens is 264 g/mol. The van der Waals surface area contributed by atoms with Crippen molar-refractivity contribution in [2.24, 2.45) is 5.92 Å². The molecule has 3 nitrogen and oxygen atoms in total. The molecule has 0 amide bonds. The summed E-state index contributed by atoms with van der Waals surface area (Å²) in [5, 5.41) is -0.0247. The molecule has 3 rings (SSSR count). The molecule has 2 heterocycles. The average molecular weight is 283 g/mol. The summed E-state index contributed by atoms with van der Waals surface area (Å²) < 4.78 is 16.9. The molecule has 19 heavy (non-hydrogen) atoms. The third kappa shape index (κ3) is 2.54. The van der Waals surface area contributed by atoms with Crippen molar-refractivity contribution in [1.29, 1.82) is 0 Å². The SMILES string of the molecule is CCC1OCCC1C(Cl)c1ccc2c(c1)OCCO2. The predicted molar refractivity (Wildman–Crippen MR) is 74.2 cm³/mol. The fourth-order valence-corrected chi connectivity index (χ4v) is 3.32. The van der Waals surface area contributed by atoms with Gasteiger partial charge in [-0.3, -0.25) is 0 Å². The molecule has 2 aliphatic heterocycles. The Labute approximate surface area is 118 Å². The second-order valence-electron chi connectivity index (χ2n) is 5.07. The van der Waals surface area contributed by atoms with Crippen LogP contribution in [0.5, 0.6) is 11.5 Å². The van der Waals surface area contributed by atoms with Crippen LogP contribution >= 0.6 is 11.6 Å². The van der Waals surface area contributed by atoms with Gasteiger partial charge in [0, 0.05) is 12.5 Å². The molecule has 0 aromatic heterocycles. The fourth-order valence-electron chi connectivity index (χ4n) is 2.90. The van der Waals surface area contributed by atoms with Crippen molar-refractivity contribution in [2.45, 2.75) is 31.2 Å².